The predicted octanol–water partition coefficient (Wildman–Crippen LogP) is 2.94. The van der Waals surface area contributed by atoms with E-state index in [9.17, 15) is 4.79 Å². The highest BCUT2D eigenvalue weighted by molar-refractivity contribution is 5.70. The normalized spacial score (nSPS) is 15.3. The molecule has 0 bridgehead atoms. The number of para-hydroxylation sites is 1. The molecule has 126 valence electrons. The molecular weight excluding hydrogens is 304 g/mol. The lowest BCUT2D eigenvalue weighted by Gasteiger charge is -2.31. The van der Waals surface area contributed by atoms with Crippen LogP contribution in [0, 0.1) is 5.92 Å². The minimum absolute atomic E-state index is 0.237. The summed E-state index contributed by atoms with van der Waals surface area (Å²) in [5.41, 5.74) is 1.06. The quantitative estimate of drug-likeness (QED) is 0.911. The second-order valence-corrected chi connectivity index (χ2v) is 5.89. The highest BCUT2D eigenvalue weighted by atomic mass is 16.4. The third-order valence-electron chi connectivity index (χ3n) is 4.42. The van der Waals surface area contributed by atoms with Crippen molar-refractivity contribution in [3.05, 3.63) is 42.6 Å². The molecule has 6 heteroatoms. The lowest BCUT2D eigenvalue weighted by molar-refractivity contribution is -0.142. The van der Waals surface area contributed by atoms with Crippen LogP contribution in [0.1, 0.15) is 19.8 Å². The molecule has 1 aliphatic rings. The van der Waals surface area contributed by atoms with Crippen molar-refractivity contribution in [3.63, 3.8) is 0 Å². The van der Waals surface area contributed by atoms with Crippen molar-refractivity contribution in [2.45, 2.75) is 19.8 Å². The van der Waals surface area contributed by atoms with Crippen molar-refractivity contribution >= 4 is 23.4 Å². The summed E-state index contributed by atoms with van der Waals surface area (Å²) in [4.78, 5) is 24.4. The Morgan fingerprint density at radius 1 is 1.25 bits per heavy atom. The van der Waals surface area contributed by atoms with Crippen LogP contribution in [0.25, 0.3) is 0 Å². The molecule has 1 saturated heterocycles. The summed E-state index contributed by atoms with van der Waals surface area (Å²) < 4.78 is 0. The Labute approximate surface area is 141 Å². The lowest BCUT2D eigenvalue weighted by Crippen LogP contribution is -2.37. The zero-order chi connectivity index (χ0) is 16.9. The fourth-order valence-corrected chi connectivity index (χ4v) is 3.05. The van der Waals surface area contributed by atoms with Gasteiger partial charge >= 0.3 is 5.97 Å². The van der Waals surface area contributed by atoms with Gasteiger partial charge in [0.05, 0.1) is 5.92 Å². The predicted molar refractivity (Wildman–Crippen MR) is 93.7 cm³/mol. The van der Waals surface area contributed by atoms with Gasteiger partial charge in [0.25, 0.3) is 0 Å². The van der Waals surface area contributed by atoms with E-state index < -0.39 is 5.97 Å². The van der Waals surface area contributed by atoms with Crippen LogP contribution < -0.4 is 9.80 Å². The molecular formula is C18H22N4O2. The van der Waals surface area contributed by atoms with Gasteiger partial charge in [0, 0.05) is 31.5 Å². The van der Waals surface area contributed by atoms with E-state index in [-0.39, 0.29) is 5.92 Å². The first-order chi connectivity index (χ1) is 11.7. The van der Waals surface area contributed by atoms with Gasteiger partial charge in [-0.1, -0.05) is 18.2 Å². The number of hydrogen-bond donors (Lipinski definition) is 1. The van der Waals surface area contributed by atoms with Gasteiger partial charge < -0.3 is 14.9 Å². The second-order valence-electron chi connectivity index (χ2n) is 5.89. The molecule has 0 atom stereocenters. The molecule has 1 N–H and O–H groups in total. The highest BCUT2D eigenvalue weighted by Gasteiger charge is 2.25. The monoisotopic (exact) mass is 326 g/mol. The maximum absolute atomic E-state index is 11.1. The molecule has 0 radical (unpaired) electrons. The SMILES string of the molecule is CCN(c1ccccc1)c1nccc(N2CCC(C(=O)O)CC2)n1. The largest absolute Gasteiger partial charge is 0.481 e. The topological polar surface area (TPSA) is 69.6 Å². The number of aromatic nitrogens is 2. The van der Waals surface area contributed by atoms with Crippen LogP contribution in [0.4, 0.5) is 17.5 Å². The van der Waals surface area contributed by atoms with Gasteiger partial charge in [-0.3, -0.25) is 4.79 Å². The van der Waals surface area contributed by atoms with E-state index >= 15 is 0 Å². The molecule has 0 unspecified atom stereocenters. The van der Waals surface area contributed by atoms with E-state index in [4.69, 9.17) is 10.1 Å². The van der Waals surface area contributed by atoms with Crippen LogP contribution in [0.3, 0.4) is 0 Å². The van der Waals surface area contributed by atoms with Crippen LogP contribution in [0.5, 0.6) is 0 Å². The third-order valence-corrected chi connectivity index (χ3v) is 4.42. The first-order valence-electron chi connectivity index (χ1n) is 8.32. The fourth-order valence-electron chi connectivity index (χ4n) is 3.05. The summed E-state index contributed by atoms with van der Waals surface area (Å²) in [6.07, 6.45) is 3.09. The number of anilines is 3. The van der Waals surface area contributed by atoms with Crippen molar-refractivity contribution in [2.24, 2.45) is 5.92 Å². The van der Waals surface area contributed by atoms with Crippen molar-refractivity contribution in [2.75, 3.05) is 29.4 Å². The van der Waals surface area contributed by atoms with E-state index in [0.29, 0.717) is 31.9 Å². The van der Waals surface area contributed by atoms with E-state index in [1.54, 1.807) is 6.20 Å². The molecule has 24 heavy (non-hydrogen) atoms. The van der Waals surface area contributed by atoms with Crippen molar-refractivity contribution in [1.29, 1.82) is 0 Å². The molecule has 1 aromatic carbocycles. The van der Waals surface area contributed by atoms with E-state index in [2.05, 4.69) is 21.7 Å². The smallest absolute Gasteiger partial charge is 0.306 e. The number of carbonyl (C=O) groups is 1. The van der Waals surface area contributed by atoms with E-state index in [1.165, 1.54) is 0 Å². The van der Waals surface area contributed by atoms with Gasteiger partial charge in [-0.05, 0) is 38.0 Å². The number of piperidine rings is 1. The summed E-state index contributed by atoms with van der Waals surface area (Å²) in [7, 11) is 0. The Hall–Kier alpha value is -2.63. The number of carboxylic acid groups (broad SMARTS) is 1. The Morgan fingerprint density at radius 3 is 2.58 bits per heavy atom. The molecule has 0 aliphatic carbocycles. The van der Waals surface area contributed by atoms with Crippen molar-refractivity contribution in [1.82, 2.24) is 9.97 Å². The second kappa shape index (κ2) is 7.29. The zero-order valence-electron chi connectivity index (χ0n) is 13.8. The number of benzene rings is 1. The molecule has 6 nitrogen and oxygen atoms in total. The lowest BCUT2D eigenvalue weighted by atomic mass is 9.97. The van der Waals surface area contributed by atoms with Crippen molar-refractivity contribution in [3.8, 4) is 0 Å². The van der Waals surface area contributed by atoms with Gasteiger partial charge in [0.15, 0.2) is 0 Å². The molecule has 0 spiro atoms. The zero-order valence-corrected chi connectivity index (χ0v) is 13.8. The number of hydrogen-bond acceptors (Lipinski definition) is 5. The first-order valence-corrected chi connectivity index (χ1v) is 8.32. The van der Waals surface area contributed by atoms with Crippen LogP contribution in [-0.2, 0) is 4.79 Å². The Kier molecular flexibility index (Phi) is 4.93. The molecule has 2 heterocycles. The van der Waals surface area contributed by atoms with Crippen LogP contribution >= 0.6 is 0 Å². The van der Waals surface area contributed by atoms with Gasteiger partial charge in [-0.25, -0.2) is 4.98 Å². The maximum atomic E-state index is 11.1. The summed E-state index contributed by atoms with van der Waals surface area (Å²) in [6.45, 7) is 4.27. The minimum atomic E-state index is -0.695. The van der Waals surface area contributed by atoms with Gasteiger partial charge in [0.1, 0.15) is 5.82 Å². The van der Waals surface area contributed by atoms with Gasteiger partial charge in [-0.2, -0.15) is 4.98 Å². The molecule has 0 saturated carbocycles. The van der Waals surface area contributed by atoms with Gasteiger partial charge in [0.2, 0.25) is 5.95 Å². The third kappa shape index (κ3) is 3.48. The van der Waals surface area contributed by atoms with Crippen LogP contribution in [0.15, 0.2) is 42.6 Å². The summed E-state index contributed by atoms with van der Waals surface area (Å²) in [5.74, 6) is 0.595. The molecule has 0 amide bonds. The molecule has 1 aliphatic heterocycles. The average molecular weight is 326 g/mol. The number of aliphatic carboxylic acids is 1. The number of nitrogens with zero attached hydrogens (tertiary/aromatic N) is 4. The summed E-state index contributed by atoms with van der Waals surface area (Å²) >= 11 is 0. The van der Waals surface area contributed by atoms with Crippen LogP contribution in [-0.4, -0.2) is 40.7 Å². The van der Waals surface area contributed by atoms with Crippen molar-refractivity contribution < 1.29 is 9.90 Å². The highest BCUT2D eigenvalue weighted by Crippen LogP contribution is 2.25. The van der Waals surface area contributed by atoms with E-state index in [1.807, 2.05) is 36.4 Å². The fraction of sp³-hybridized carbons (Fsp3) is 0.389. The molecule has 1 fully saturated rings. The Balaban J connectivity index is 1.78. The summed E-state index contributed by atoms with van der Waals surface area (Å²) in [5, 5.41) is 9.12. The molecule has 3 rings (SSSR count). The number of rotatable bonds is 5. The Bertz CT molecular complexity index is 684. The standard InChI is InChI=1S/C18H22N4O2/c1-2-22(15-6-4-3-5-7-15)18-19-11-8-16(20-18)21-12-9-14(10-13-21)17(23)24/h3-8,11,14H,2,9-10,12-13H2,1H3,(H,23,24). The van der Waals surface area contributed by atoms with Gasteiger partial charge in [-0.15, -0.1) is 0 Å². The number of carboxylic acids is 1. The first kappa shape index (κ1) is 16.2. The Morgan fingerprint density at radius 2 is 1.96 bits per heavy atom. The minimum Gasteiger partial charge on any atom is -0.481 e. The van der Waals surface area contributed by atoms with E-state index in [0.717, 1.165) is 18.1 Å². The maximum Gasteiger partial charge on any atom is 0.306 e. The molecule has 1 aromatic heterocycles. The molecule has 2 aromatic rings. The summed E-state index contributed by atoms with van der Waals surface area (Å²) in [6, 6.07) is 12.0. The van der Waals surface area contributed by atoms with Crippen LogP contribution in [0.2, 0.25) is 0 Å². The average Bonchev–Trinajstić information content (AvgIpc) is 2.64.